The van der Waals surface area contributed by atoms with Gasteiger partial charge in [0.05, 0.1) is 18.5 Å². The van der Waals surface area contributed by atoms with E-state index in [1.807, 2.05) is 0 Å². The number of benzene rings is 1. The number of methoxy groups -OCH3 is 1. The van der Waals surface area contributed by atoms with E-state index in [1.54, 1.807) is 0 Å². The minimum Gasteiger partial charge on any atom is -0.469 e. The predicted molar refractivity (Wildman–Crippen MR) is 62.0 cm³/mol. The van der Waals surface area contributed by atoms with E-state index in [4.69, 9.17) is 0 Å². The van der Waals surface area contributed by atoms with Crippen molar-refractivity contribution in [3.8, 4) is 0 Å². The summed E-state index contributed by atoms with van der Waals surface area (Å²) in [6, 6.07) is 2.57. The summed E-state index contributed by atoms with van der Waals surface area (Å²) in [5.74, 6) is -2.12. The van der Waals surface area contributed by atoms with E-state index in [0.717, 1.165) is 18.2 Å². The first-order valence-electron chi connectivity index (χ1n) is 5.24. The number of hydrogen-bond acceptors (Lipinski definition) is 5. The van der Waals surface area contributed by atoms with Gasteiger partial charge in [-0.1, -0.05) is 0 Å². The summed E-state index contributed by atoms with van der Waals surface area (Å²) < 4.78 is 17.4. The number of carbonyl (C=O) groups excluding carboxylic acids is 2. The molecule has 0 heterocycles. The number of halogens is 1. The third kappa shape index (κ3) is 4.02. The van der Waals surface area contributed by atoms with Crippen molar-refractivity contribution in [3.05, 3.63) is 39.7 Å². The largest absolute Gasteiger partial charge is 0.469 e. The van der Waals surface area contributed by atoms with Gasteiger partial charge >= 0.3 is 5.97 Å². The van der Waals surface area contributed by atoms with Crippen molar-refractivity contribution < 1.29 is 23.6 Å². The molecule has 0 radical (unpaired) electrons. The fraction of sp³-hybridized carbons (Fsp3) is 0.273. The standard InChI is InChI=1S/C11H11FN2O5/c1-19-10(15)4-5-13-11(16)8-6-7(12)2-3-9(8)14(17)18/h2-3,6H,4-5H2,1H3,(H,13,16). The van der Waals surface area contributed by atoms with Crippen molar-refractivity contribution in [1.29, 1.82) is 0 Å². The van der Waals surface area contributed by atoms with E-state index < -0.39 is 33.9 Å². The Bertz CT molecular complexity index is 518. The smallest absolute Gasteiger partial charge is 0.307 e. The van der Waals surface area contributed by atoms with E-state index >= 15 is 0 Å². The first-order chi connectivity index (χ1) is 8.95. The van der Waals surface area contributed by atoms with Crippen LogP contribution in [0, 0.1) is 15.9 Å². The van der Waals surface area contributed by atoms with Crippen LogP contribution in [0.1, 0.15) is 16.8 Å². The van der Waals surface area contributed by atoms with Gasteiger partial charge in [0.1, 0.15) is 11.4 Å². The molecule has 0 saturated heterocycles. The highest BCUT2D eigenvalue weighted by atomic mass is 19.1. The Morgan fingerprint density at radius 1 is 1.47 bits per heavy atom. The van der Waals surface area contributed by atoms with Crippen molar-refractivity contribution in [1.82, 2.24) is 5.32 Å². The van der Waals surface area contributed by atoms with Crippen LogP contribution < -0.4 is 5.32 Å². The van der Waals surface area contributed by atoms with E-state index in [9.17, 15) is 24.1 Å². The second-order valence-corrected chi connectivity index (χ2v) is 3.50. The fourth-order valence-corrected chi connectivity index (χ4v) is 1.32. The number of nitrogens with one attached hydrogen (secondary N) is 1. The molecule has 1 aromatic rings. The Morgan fingerprint density at radius 2 is 2.16 bits per heavy atom. The number of amides is 1. The van der Waals surface area contributed by atoms with Crippen LogP contribution in [0.5, 0.6) is 0 Å². The molecule has 0 aliphatic rings. The van der Waals surface area contributed by atoms with Gasteiger partial charge in [0.15, 0.2) is 0 Å². The van der Waals surface area contributed by atoms with Gasteiger partial charge in [-0.2, -0.15) is 0 Å². The number of nitrogens with zero attached hydrogens (tertiary/aromatic N) is 1. The summed E-state index contributed by atoms with van der Waals surface area (Å²) in [7, 11) is 1.20. The summed E-state index contributed by atoms with van der Waals surface area (Å²) in [6.45, 7) is -0.0564. The molecule has 0 aromatic heterocycles. The Morgan fingerprint density at radius 3 is 2.74 bits per heavy atom. The van der Waals surface area contributed by atoms with Gasteiger partial charge in [0, 0.05) is 12.6 Å². The van der Waals surface area contributed by atoms with Gasteiger partial charge in [-0.15, -0.1) is 0 Å². The van der Waals surface area contributed by atoms with Crippen LogP contribution in [0.15, 0.2) is 18.2 Å². The second kappa shape index (κ2) is 6.43. The molecule has 1 rings (SSSR count). The number of rotatable bonds is 5. The number of hydrogen-bond donors (Lipinski definition) is 1. The predicted octanol–water partition coefficient (Wildman–Crippen LogP) is 1.03. The van der Waals surface area contributed by atoms with Crippen LogP contribution in [0.2, 0.25) is 0 Å². The Balaban J connectivity index is 2.78. The van der Waals surface area contributed by atoms with Crippen LogP contribution in [-0.2, 0) is 9.53 Å². The molecule has 0 bridgehead atoms. The van der Waals surface area contributed by atoms with E-state index in [0.29, 0.717) is 0 Å². The Hall–Kier alpha value is -2.51. The lowest BCUT2D eigenvalue weighted by molar-refractivity contribution is -0.385. The molecule has 0 fully saturated rings. The van der Waals surface area contributed by atoms with Crippen LogP contribution in [-0.4, -0.2) is 30.5 Å². The normalized spacial score (nSPS) is 9.79. The SMILES string of the molecule is COC(=O)CCNC(=O)c1cc(F)ccc1[N+](=O)[O-]. The molecule has 102 valence electrons. The molecule has 0 spiro atoms. The molecule has 1 amide bonds. The first kappa shape index (κ1) is 14.6. The highest BCUT2D eigenvalue weighted by Gasteiger charge is 2.20. The molecule has 7 nitrogen and oxygen atoms in total. The number of nitro benzene ring substituents is 1. The zero-order valence-electron chi connectivity index (χ0n) is 10.0. The zero-order valence-corrected chi connectivity index (χ0v) is 10.0. The molecular formula is C11H11FN2O5. The maximum absolute atomic E-state index is 13.0. The molecular weight excluding hydrogens is 259 g/mol. The molecule has 0 aliphatic heterocycles. The first-order valence-corrected chi connectivity index (χ1v) is 5.24. The van der Waals surface area contributed by atoms with Crippen molar-refractivity contribution in [2.45, 2.75) is 6.42 Å². The van der Waals surface area contributed by atoms with Crippen molar-refractivity contribution in [2.24, 2.45) is 0 Å². The average Bonchev–Trinajstić information content (AvgIpc) is 2.37. The molecule has 0 aliphatic carbocycles. The number of nitro groups is 1. The summed E-state index contributed by atoms with van der Waals surface area (Å²) in [5.41, 5.74) is -0.896. The molecule has 0 atom stereocenters. The van der Waals surface area contributed by atoms with Gasteiger partial charge in [0.25, 0.3) is 11.6 Å². The number of esters is 1. The van der Waals surface area contributed by atoms with Crippen LogP contribution in [0.3, 0.4) is 0 Å². The lowest BCUT2D eigenvalue weighted by Crippen LogP contribution is -2.27. The van der Waals surface area contributed by atoms with Crippen molar-refractivity contribution in [2.75, 3.05) is 13.7 Å². The highest BCUT2D eigenvalue weighted by Crippen LogP contribution is 2.19. The third-order valence-electron chi connectivity index (χ3n) is 2.24. The number of carbonyl (C=O) groups is 2. The topological polar surface area (TPSA) is 98.5 Å². The molecule has 0 saturated carbocycles. The lowest BCUT2D eigenvalue weighted by atomic mass is 10.1. The highest BCUT2D eigenvalue weighted by molar-refractivity contribution is 5.98. The second-order valence-electron chi connectivity index (χ2n) is 3.50. The van der Waals surface area contributed by atoms with Gasteiger partial charge < -0.3 is 10.1 Å². The molecule has 0 unspecified atom stereocenters. The maximum Gasteiger partial charge on any atom is 0.307 e. The van der Waals surface area contributed by atoms with E-state index in [2.05, 4.69) is 10.1 Å². The summed E-state index contributed by atoms with van der Waals surface area (Å²) in [5, 5.41) is 13.0. The van der Waals surface area contributed by atoms with Gasteiger partial charge in [0.2, 0.25) is 0 Å². The van der Waals surface area contributed by atoms with Gasteiger partial charge in [-0.3, -0.25) is 19.7 Å². The van der Waals surface area contributed by atoms with Crippen LogP contribution >= 0.6 is 0 Å². The minimum atomic E-state index is -0.824. The van der Waals surface area contributed by atoms with Gasteiger partial charge in [-0.25, -0.2) is 4.39 Å². The van der Waals surface area contributed by atoms with Crippen molar-refractivity contribution >= 4 is 17.6 Å². The van der Waals surface area contributed by atoms with Crippen molar-refractivity contribution in [3.63, 3.8) is 0 Å². The summed E-state index contributed by atoms with van der Waals surface area (Å²) >= 11 is 0. The molecule has 1 N–H and O–H groups in total. The molecule has 8 heteroatoms. The quantitative estimate of drug-likeness (QED) is 0.489. The minimum absolute atomic E-state index is 0.0564. The lowest BCUT2D eigenvalue weighted by Gasteiger charge is -2.05. The Labute approximate surface area is 107 Å². The number of ether oxygens (including phenoxy) is 1. The molecule has 1 aromatic carbocycles. The fourth-order valence-electron chi connectivity index (χ4n) is 1.32. The monoisotopic (exact) mass is 270 g/mol. The third-order valence-corrected chi connectivity index (χ3v) is 2.24. The maximum atomic E-state index is 13.0. The van der Waals surface area contributed by atoms with E-state index in [1.165, 1.54) is 7.11 Å². The Kier molecular flexibility index (Phi) is 4.92. The molecule has 19 heavy (non-hydrogen) atoms. The average molecular weight is 270 g/mol. The van der Waals surface area contributed by atoms with E-state index in [-0.39, 0.29) is 13.0 Å². The van der Waals surface area contributed by atoms with Gasteiger partial charge in [-0.05, 0) is 12.1 Å². The summed E-state index contributed by atoms with van der Waals surface area (Å²) in [6.07, 6.45) is -0.0780. The van der Waals surface area contributed by atoms with Crippen LogP contribution in [0.25, 0.3) is 0 Å². The van der Waals surface area contributed by atoms with Crippen LogP contribution in [0.4, 0.5) is 10.1 Å². The summed E-state index contributed by atoms with van der Waals surface area (Å²) in [4.78, 5) is 32.4. The zero-order chi connectivity index (χ0) is 14.4.